The maximum absolute atomic E-state index is 12.3. The Morgan fingerprint density at radius 2 is 2.07 bits per heavy atom. The molecule has 0 radical (unpaired) electrons. The average molecular weight is 382 g/mol. The molecule has 0 fully saturated rings. The Bertz CT molecular complexity index is 902. The van der Waals surface area contributed by atoms with Crippen molar-refractivity contribution in [2.24, 2.45) is 0 Å². The summed E-state index contributed by atoms with van der Waals surface area (Å²) >= 11 is 1.61. The van der Waals surface area contributed by atoms with E-state index < -0.39 is 0 Å². The molecule has 1 amide bonds. The summed E-state index contributed by atoms with van der Waals surface area (Å²) < 4.78 is 5.30. The minimum atomic E-state index is 0.0298. The van der Waals surface area contributed by atoms with E-state index in [0.29, 0.717) is 18.3 Å². The van der Waals surface area contributed by atoms with Crippen LogP contribution in [0.3, 0.4) is 0 Å². The van der Waals surface area contributed by atoms with E-state index >= 15 is 0 Å². The van der Waals surface area contributed by atoms with Crippen LogP contribution in [0.2, 0.25) is 0 Å². The van der Waals surface area contributed by atoms with Crippen molar-refractivity contribution in [1.82, 2.24) is 15.5 Å². The number of hydrogen-bond acceptors (Lipinski definition) is 5. The number of nitrogens with one attached hydrogen (secondary N) is 1. The molecule has 1 aromatic carbocycles. The van der Waals surface area contributed by atoms with Crippen molar-refractivity contribution in [3.05, 3.63) is 58.3 Å². The molecule has 1 aliphatic rings. The van der Waals surface area contributed by atoms with Gasteiger partial charge in [0.1, 0.15) is 0 Å². The van der Waals surface area contributed by atoms with Crippen molar-refractivity contribution in [2.45, 2.75) is 44.9 Å². The SMILES string of the molecule is O=C(NCCCCCc1nc(-c2cccs2)no1)c1ccc2c(c1)CCC2. The first kappa shape index (κ1) is 17.9. The molecule has 140 valence electrons. The third-order valence-corrected chi connectivity index (χ3v) is 5.79. The van der Waals surface area contributed by atoms with E-state index in [9.17, 15) is 4.79 Å². The predicted octanol–water partition coefficient (Wildman–Crippen LogP) is 4.43. The molecular formula is C21H23N3O2S. The summed E-state index contributed by atoms with van der Waals surface area (Å²) in [5, 5.41) is 9.05. The van der Waals surface area contributed by atoms with Crippen LogP contribution in [-0.2, 0) is 19.3 Å². The number of rotatable bonds is 8. The van der Waals surface area contributed by atoms with Crippen molar-refractivity contribution in [3.63, 3.8) is 0 Å². The van der Waals surface area contributed by atoms with Crippen LogP contribution in [-0.4, -0.2) is 22.6 Å². The number of benzene rings is 1. The predicted molar refractivity (Wildman–Crippen MR) is 106 cm³/mol. The van der Waals surface area contributed by atoms with Crippen LogP contribution >= 0.6 is 11.3 Å². The number of carbonyl (C=O) groups is 1. The number of unbranched alkanes of at least 4 members (excludes halogenated alkanes) is 2. The van der Waals surface area contributed by atoms with Gasteiger partial charge in [0.25, 0.3) is 5.91 Å². The largest absolute Gasteiger partial charge is 0.352 e. The smallest absolute Gasteiger partial charge is 0.251 e. The van der Waals surface area contributed by atoms with E-state index in [0.717, 1.165) is 49.0 Å². The molecule has 1 N–H and O–H groups in total. The first-order valence-corrected chi connectivity index (χ1v) is 10.4. The van der Waals surface area contributed by atoms with Crippen molar-refractivity contribution in [2.75, 3.05) is 6.54 Å². The van der Waals surface area contributed by atoms with E-state index in [1.54, 1.807) is 11.3 Å². The molecule has 0 atom stereocenters. The number of fused-ring (bicyclic) bond motifs is 1. The van der Waals surface area contributed by atoms with Crippen molar-refractivity contribution >= 4 is 17.2 Å². The normalized spacial score (nSPS) is 12.9. The molecule has 0 unspecified atom stereocenters. The molecule has 0 spiro atoms. The van der Waals surface area contributed by atoms with Gasteiger partial charge in [-0.05, 0) is 66.8 Å². The van der Waals surface area contributed by atoms with Gasteiger partial charge in [-0.3, -0.25) is 4.79 Å². The molecule has 5 nitrogen and oxygen atoms in total. The number of aromatic nitrogens is 2. The summed E-state index contributed by atoms with van der Waals surface area (Å²) in [5.74, 6) is 1.38. The topological polar surface area (TPSA) is 68.0 Å². The fourth-order valence-electron chi connectivity index (χ4n) is 3.46. The van der Waals surface area contributed by atoms with Crippen LogP contribution in [0.4, 0.5) is 0 Å². The fraction of sp³-hybridized carbons (Fsp3) is 0.381. The molecule has 0 aliphatic heterocycles. The summed E-state index contributed by atoms with van der Waals surface area (Å²) in [4.78, 5) is 17.7. The van der Waals surface area contributed by atoms with Gasteiger partial charge in [-0.1, -0.05) is 23.7 Å². The Balaban J connectivity index is 1.15. The fourth-order valence-corrected chi connectivity index (χ4v) is 4.11. The van der Waals surface area contributed by atoms with Gasteiger partial charge in [0.15, 0.2) is 0 Å². The highest BCUT2D eigenvalue weighted by Crippen LogP contribution is 2.23. The first-order chi connectivity index (χ1) is 13.3. The van der Waals surface area contributed by atoms with Gasteiger partial charge >= 0.3 is 0 Å². The molecule has 3 aromatic rings. The zero-order valence-corrected chi connectivity index (χ0v) is 16.1. The maximum Gasteiger partial charge on any atom is 0.251 e. The number of carbonyl (C=O) groups excluding carboxylic acids is 1. The van der Waals surface area contributed by atoms with Crippen molar-refractivity contribution in [1.29, 1.82) is 0 Å². The molecule has 4 rings (SSSR count). The molecule has 2 aromatic heterocycles. The standard InChI is InChI=1S/C21H23N3O2S/c25-21(17-11-10-15-6-4-7-16(15)14-17)22-12-3-1-2-9-19-23-20(24-26-19)18-8-5-13-27-18/h5,8,10-11,13-14H,1-4,6-7,9,12H2,(H,22,25). The zero-order chi connectivity index (χ0) is 18.5. The quantitative estimate of drug-likeness (QED) is 0.586. The van der Waals surface area contributed by atoms with Gasteiger partial charge in [-0.25, -0.2) is 0 Å². The Hall–Kier alpha value is -2.47. The molecule has 0 saturated carbocycles. The Morgan fingerprint density at radius 3 is 2.96 bits per heavy atom. The summed E-state index contributed by atoms with van der Waals surface area (Å²) in [6.45, 7) is 0.695. The van der Waals surface area contributed by atoms with Gasteiger partial charge in [0.05, 0.1) is 4.88 Å². The first-order valence-electron chi connectivity index (χ1n) is 9.56. The van der Waals surface area contributed by atoms with Crippen LogP contribution in [0.15, 0.2) is 40.2 Å². The van der Waals surface area contributed by atoms with Crippen LogP contribution < -0.4 is 5.32 Å². The number of hydrogen-bond donors (Lipinski definition) is 1. The van der Waals surface area contributed by atoms with Gasteiger partial charge < -0.3 is 9.84 Å². The molecule has 1 aliphatic carbocycles. The number of amides is 1. The van der Waals surface area contributed by atoms with E-state index in [-0.39, 0.29) is 5.91 Å². The molecular weight excluding hydrogens is 358 g/mol. The monoisotopic (exact) mass is 381 g/mol. The van der Waals surface area contributed by atoms with Gasteiger partial charge in [-0.15, -0.1) is 11.3 Å². The lowest BCUT2D eigenvalue weighted by Gasteiger charge is -2.07. The molecule has 2 heterocycles. The highest BCUT2D eigenvalue weighted by atomic mass is 32.1. The van der Waals surface area contributed by atoms with Crippen LogP contribution in [0.1, 0.15) is 53.1 Å². The van der Waals surface area contributed by atoms with Gasteiger partial charge in [0.2, 0.25) is 11.7 Å². The molecule has 0 bridgehead atoms. The molecule has 0 saturated heterocycles. The Kier molecular flexibility index (Phi) is 5.63. The van der Waals surface area contributed by atoms with Crippen LogP contribution in [0, 0.1) is 0 Å². The van der Waals surface area contributed by atoms with Crippen molar-refractivity contribution in [3.8, 4) is 10.7 Å². The molecule has 6 heteroatoms. The number of aryl methyl sites for hydroxylation is 3. The highest BCUT2D eigenvalue weighted by Gasteiger charge is 2.13. The van der Waals surface area contributed by atoms with E-state index in [1.165, 1.54) is 17.5 Å². The second kappa shape index (κ2) is 8.48. The van der Waals surface area contributed by atoms with E-state index in [1.807, 2.05) is 23.6 Å². The van der Waals surface area contributed by atoms with E-state index in [2.05, 4.69) is 27.6 Å². The van der Waals surface area contributed by atoms with Gasteiger partial charge in [-0.2, -0.15) is 4.98 Å². The third-order valence-electron chi connectivity index (χ3n) is 4.92. The summed E-state index contributed by atoms with van der Waals surface area (Å²) in [7, 11) is 0. The van der Waals surface area contributed by atoms with Crippen LogP contribution in [0.25, 0.3) is 10.7 Å². The zero-order valence-electron chi connectivity index (χ0n) is 15.2. The summed E-state index contributed by atoms with van der Waals surface area (Å²) in [6, 6.07) is 10.1. The summed E-state index contributed by atoms with van der Waals surface area (Å²) in [5.41, 5.74) is 3.52. The van der Waals surface area contributed by atoms with E-state index in [4.69, 9.17) is 4.52 Å². The summed E-state index contributed by atoms with van der Waals surface area (Å²) in [6.07, 6.45) is 7.16. The van der Waals surface area contributed by atoms with Crippen molar-refractivity contribution < 1.29 is 9.32 Å². The molecule has 27 heavy (non-hydrogen) atoms. The lowest BCUT2D eigenvalue weighted by Crippen LogP contribution is -2.24. The Morgan fingerprint density at radius 1 is 1.15 bits per heavy atom. The number of thiophene rings is 1. The number of nitrogens with zero attached hydrogens (tertiary/aromatic N) is 2. The third kappa shape index (κ3) is 4.45. The van der Waals surface area contributed by atoms with Gasteiger partial charge in [0, 0.05) is 18.5 Å². The second-order valence-corrected chi connectivity index (χ2v) is 7.84. The lowest BCUT2D eigenvalue weighted by atomic mass is 10.1. The maximum atomic E-state index is 12.3. The average Bonchev–Trinajstić information content (AvgIpc) is 3.44. The minimum absolute atomic E-state index is 0.0298. The highest BCUT2D eigenvalue weighted by molar-refractivity contribution is 7.13. The Labute approximate surface area is 162 Å². The lowest BCUT2D eigenvalue weighted by molar-refractivity contribution is 0.0953. The van der Waals surface area contributed by atoms with Crippen LogP contribution in [0.5, 0.6) is 0 Å². The second-order valence-electron chi connectivity index (χ2n) is 6.89. The minimum Gasteiger partial charge on any atom is -0.352 e.